The van der Waals surface area contributed by atoms with Gasteiger partial charge in [-0.1, -0.05) is 11.3 Å². The minimum atomic E-state index is -0.380. The topological polar surface area (TPSA) is 65.2 Å². The fourth-order valence-corrected chi connectivity index (χ4v) is 1.04. The summed E-state index contributed by atoms with van der Waals surface area (Å²) in [5.41, 5.74) is 5.26. The highest BCUT2D eigenvalue weighted by Gasteiger charge is 2.01. The molecule has 0 fully saturated rings. The number of ether oxygens (including phenoxy) is 1. The zero-order valence-electron chi connectivity index (χ0n) is 5.33. The average Bonchev–Trinajstić information content (AvgIpc) is 2.13. The molecule has 0 aliphatic rings. The molecule has 2 N–H and O–H groups in total. The molecule has 0 unspecified atom stereocenters. The van der Waals surface area contributed by atoms with Crippen molar-refractivity contribution in [3.63, 3.8) is 0 Å². The van der Waals surface area contributed by atoms with Crippen molar-refractivity contribution in [1.29, 1.82) is 0 Å². The zero-order valence-corrected chi connectivity index (χ0v) is 6.14. The van der Waals surface area contributed by atoms with Crippen LogP contribution >= 0.6 is 11.3 Å². The Morgan fingerprint density at radius 1 is 1.90 bits per heavy atom. The van der Waals surface area contributed by atoms with Gasteiger partial charge in [-0.2, -0.15) is 4.98 Å². The first kappa shape index (κ1) is 7.01. The van der Waals surface area contributed by atoms with Gasteiger partial charge in [0.15, 0.2) is 0 Å². The molecular weight excluding hydrogens is 152 g/mol. The largest absolute Gasteiger partial charge is 0.398 e. The number of hydrogen-bond acceptors (Lipinski definition) is 5. The van der Waals surface area contributed by atoms with Crippen LogP contribution in [0.4, 0.5) is 5.82 Å². The lowest BCUT2D eigenvalue weighted by Crippen LogP contribution is -2.00. The molecule has 0 spiro atoms. The van der Waals surface area contributed by atoms with Crippen molar-refractivity contribution in [3.8, 4) is 5.19 Å². The summed E-state index contributed by atoms with van der Waals surface area (Å²) in [6, 6.07) is 0. The van der Waals surface area contributed by atoms with Crippen LogP contribution in [0, 0.1) is 0 Å². The molecule has 0 aliphatic heterocycles. The number of carbonyl (C=O) groups excluding carboxylic acids is 1. The van der Waals surface area contributed by atoms with Crippen molar-refractivity contribution in [2.45, 2.75) is 6.92 Å². The first-order valence-corrected chi connectivity index (χ1v) is 3.46. The van der Waals surface area contributed by atoms with Gasteiger partial charge in [-0.3, -0.25) is 4.79 Å². The van der Waals surface area contributed by atoms with Gasteiger partial charge >= 0.3 is 5.97 Å². The van der Waals surface area contributed by atoms with Crippen molar-refractivity contribution in [3.05, 3.63) is 5.38 Å². The highest BCUT2D eigenvalue weighted by molar-refractivity contribution is 7.11. The third kappa shape index (κ3) is 1.70. The highest BCUT2D eigenvalue weighted by atomic mass is 32.1. The van der Waals surface area contributed by atoms with E-state index in [-0.39, 0.29) is 5.97 Å². The molecule has 10 heavy (non-hydrogen) atoms. The number of esters is 1. The van der Waals surface area contributed by atoms with Crippen LogP contribution in [0.3, 0.4) is 0 Å². The Morgan fingerprint density at radius 2 is 2.60 bits per heavy atom. The van der Waals surface area contributed by atoms with Crippen molar-refractivity contribution < 1.29 is 9.53 Å². The van der Waals surface area contributed by atoms with E-state index >= 15 is 0 Å². The molecule has 0 radical (unpaired) electrons. The van der Waals surface area contributed by atoms with E-state index < -0.39 is 0 Å². The number of carbonyl (C=O) groups is 1. The standard InChI is InChI=1S/C5H6N2O2S/c1-3(8)9-5-7-4(6)2-10-5/h2H,6H2,1H3. The predicted octanol–water partition coefficient (Wildman–Crippen LogP) is 0.651. The van der Waals surface area contributed by atoms with Gasteiger partial charge in [-0.05, 0) is 0 Å². The lowest BCUT2D eigenvalue weighted by Gasteiger charge is -1.90. The summed E-state index contributed by atoms with van der Waals surface area (Å²) in [5, 5.41) is 1.91. The normalized spacial score (nSPS) is 9.30. The zero-order chi connectivity index (χ0) is 7.56. The van der Waals surface area contributed by atoms with Crippen molar-refractivity contribution >= 4 is 23.1 Å². The maximum atomic E-state index is 10.3. The van der Waals surface area contributed by atoms with Crippen molar-refractivity contribution in [2.24, 2.45) is 0 Å². The number of hydrogen-bond donors (Lipinski definition) is 1. The van der Waals surface area contributed by atoms with E-state index in [1.165, 1.54) is 18.3 Å². The molecule has 5 heteroatoms. The molecule has 0 amide bonds. The first-order chi connectivity index (χ1) is 4.68. The molecule has 0 saturated heterocycles. The molecule has 1 rings (SSSR count). The Morgan fingerprint density at radius 3 is 3.00 bits per heavy atom. The molecule has 1 heterocycles. The lowest BCUT2D eigenvalue weighted by atomic mass is 10.8. The number of nitrogen functional groups attached to an aromatic ring is 1. The van der Waals surface area contributed by atoms with Gasteiger partial charge in [-0.25, -0.2) is 0 Å². The second-order valence-corrected chi connectivity index (χ2v) is 2.45. The predicted molar refractivity (Wildman–Crippen MR) is 37.8 cm³/mol. The number of rotatable bonds is 1. The van der Waals surface area contributed by atoms with Gasteiger partial charge in [0.1, 0.15) is 5.82 Å². The van der Waals surface area contributed by atoms with E-state index in [2.05, 4.69) is 9.72 Å². The van der Waals surface area contributed by atoms with E-state index in [4.69, 9.17) is 5.73 Å². The summed E-state index contributed by atoms with van der Waals surface area (Å²) in [6.07, 6.45) is 0. The molecule has 0 aromatic carbocycles. The molecule has 0 atom stereocenters. The lowest BCUT2D eigenvalue weighted by molar-refractivity contribution is -0.131. The van der Waals surface area contributed by atoms with Gasteiger partial charge in [0.25, 0.3) is 5.19 Å². The third-order valence-electron chi connectivity index (χ3n) is 0.732. The minimum Gasteiger partial charge on any atom is -0.398 e. The summed E-state index contributed by atoms with van der Waals surface area (Å²) < 4.78 is 4.62. The molecule has 1 aromatic heterocycles. The molecule has 1 aromatic rings. The second kappa shape index (κ2) is 2.66. The highest BCUT2D eigenvalue weighted by Crippen LogP contribution is 2.18. The molecule has 0 saturated carbocycles. The second-order valence-electron chi connectivity index (χ2n) is 1.63. The monoisotopic (exact) mass is 158 g/mol. The fraction of sp³-hybridized carbons (Fsp3) is 0.200. The van der Waals surface area contributed by atoms with Crippen LogP contribution in [0.1, 0.15) is 6.92 Å². The molecule has 0 aliphatic carbocycles. The summed E-state index contributed by atoms with van der Waals surface area (Å²) >= 11 is 1.20. The van der Waals surface area contributed by atoms with E-state index in [9.17, 15) is 4.79 Å². The summed E-state index contributed by atoms with van der Waals surface area (Å²) in [6.45, 7) is 1.32. The third-order valence-corrected chi connectivity index (χ3v) is 1.47. The van der Waals surface area contributed by atoms with Crippen LogP contribution < -0.4 is 10.5 Å². The van der Waals surface area contributed by atoms with Gasteiger partial charge < -0.3 is 10.5 Å². The maximum Gasteiger partial charge on any atom is 0.309 e. The number of anilines is 1. The molecule has 54 valence electrons. The summed E-state index contributed by atoms with van der Waals surface area (Å²) in [4.78, 5) is 14.0. The van der Waals surface area contributed by atoms with Crippen LogP contribution in [0.25, 0.3) is 0 Å². The van der Waals surface area contributed by atoms with Gasteiger partial charge in [0.2, 0.25) is 0 Å². The Labute approximate surface area is 61.6 Å². The van der Waals surface area contributed by atoms with Crippen molar-refractivity contribution in [1.82, 2.24) is 4.98 Å². The Bertz CT molecular complexity index is 246. The van der Waals surface area contributed by atoms with Crippen LogP contribution in [0.5, 0.6) is 5.19 Å². The van der Waals surface area contributed by atoms with Crippen LogP contribution in [-0.2, 0) is 4.79 Å². The van der Waals surface area contributed by atoms with Crippen LogP contribution in [0.2, 0.25) is 0 Å². The Hall–Kier alpha value is -1.10. The summed E-state index contributed by atoms with van der Waals surface area (Å²) in [7, 11) is 0. The van der Waals surface area contributed by atoms with Crippen LogP contribution in [0.15, 0.2) is 5.38 Å². The van der Waals surface area contributed by atoms with E-state index in [1.54, 1.807) is 5.38 Å². The number of nitrogens with two attached hydrogens (primary N) is 1. The fourth-order valence-electron chi connectivity index (χ4n) is 0.439. The Balaban J connectivity index is 2.67. The van der Waals surface area contributed by atoms with E-state index in [0.29, 0.717) is 11.0 Å². The van der Waals surface area contributed by atoms with Crippen LogP contribution in [-0.4, -0.2) is 11.0 Å². The molecule has 4 nitrogen and oxygen atoms in total. The number of thiazole rings is 1. The van der Waals surface area contributed by atoms with Gasteiger partial charge in [-0.15, -0.1) is 0 Å². The van der Waals surface area contributed by atoms with Gasteiger partial charge in [0, 0.05) is 12.3 Å². The molecular formula is C5H6N2O2S. The SMILES string of the molecule is CC(=O)Oc1nc(N)cs1. The number of nitrogens with zero attached hydrogens (tertiary/aromatic N) is 1. The Kier molecular flexibility index (Phi) is 1.86. The quantitative estimate of drug-likeness (QED) is 0.609. The first-order valence-electron chi connectivity index (χ1n) is 2.58. The van der Waals surface area contributed by atoms with Crippen molar-refractivity contribution in [2.75, 3.05) is 5.73 Å². The molecule has 0 bridgehead atoms. The van der Waals surface area contributed by atoms with E-state index in [1.807, 2.05) is 0 Å². The number of aromatic nitrogens is 1. The minimum absolute atomic E-state index is 0.296. The average molecular weight is 158 g/mol. The van der Waals surface area contributed by atoms with E-state index in [0.717, 1.165) is 0 Å². The van der Waals surface area contributed by atoms with Gasteiger partial charge in [0.05, 0.1) is 0 Å². The summed E-state index contributed by atoms with van der Waals surface area (Å²) in [5.74, 6) is -0.00407. The maximum absolute atomic E-state index is 10.3. The smallest absolute Gasteiger partial charge is 0.309 e.